The Morgan fingerprint density at radius 3 is 2.03 bits per heavy atom. The number of para-hydroxylation sites is 2. The highest BCUT2D eigenvalue weighted by Crippen LogP contribution is 2.38. The minimum atomic E-state index is 0.486. The van der Waals surface area contributed by atoms with Gasteiger partial charge in [-0.2, -0.15) is 10.5 Å². The van der Waals surface area contributed by atoms with Crippen molar-refractivity contribution >= 4 is 43.7 Å². The quantitative estimate of drug-likeness (QED) is 0.262. The summed E-state index contributed by atoms with van der Waals surface area (Å²) < 4.78 is 8.41. The van der Waals surface area contributed by atoms with E-state index >= 15 is 0 Å². The number of hydrogen-bond acceptors (Lipinski definition) is 3. The third-order valence-electron chi connectivity index (χ3n) is 6.89. The van der Waals surface area contributed by atoms with Crippen LogP contribution in [0.1, 0.15) is 11.1 Å². The van der Waals surface area contributed by atoms with Crippen LogP contribution in [0.2, 0.25) is 0 Å². The van der Waals surface area contributed by atoms with E-state index < -0.39 is 0 Å². The molecule has 166 valence electrons. The Morgan fingerprint density at radius 2 is 1.22 bits per heavy atom. The molecule has 0 aliphatic rings. The zero-order chi connectivity index (χ0) is 24.2. The molecule has 0 bridgehead atoms. The molecule has 0 saturated heterocycles. The Bertz CT molecular complexity index is 2050. The fourth-order valence-electron chi connectivity index (χ4n) is 5.31. The van der Waals surface area contributed by atoms with E-state index in [0.717, 1.165) is 55.0 Å². The van der Waals surface area contributed by atoms with Gasteiger partial charge in [0.2, 0.25) is 0 Å². The summed E-state index contributed by atoms with van der Waals surface area (Å²) in [7, 11) is 0. The number of fused-ring (bicyclic) bond motifs is 6. The van der Waals surface area contributed by atoms with Crippen molar-refractivity contribution in [3.63, 3.8) is 0 Å². The van der Waals surface area contributed by atoms with Crippen LogP contribution in [-0.2, 0) is 0 Å². The molecule has 0 atom stereocenters. The summed E-state index contributed by atoms with van der Waals surface area (Å²) in [6.07, 6.45) is 0. The maximum Gasteiger partial charge on any atom is 0.137 e. The minimum Gasteiger partial charge on any atom is -0.456 e. The third kappa shape index (κ3) is 2.79. The molecule has 0 fully saturated rings. The monoisotopic (exact) mass is 459 g/mol. The lowest BCUT2D eigenvalue weighted by Crippen LogP contribution is -1.94. The Labute approximate surface area is 206 Å². The number of nitriles is 2. The van der Waals surface area contributed by atoms with Crippen LogP contribution >= 0.6 is 0 Å². The second kappa shape index (κ2) is 7.60. The van der Waals surface area contributed by atoms with Gasteiger partial charge in [0.25, 0.3) is 0 Å². The van der Waals surface area contributed by atoms with Gasteiger partial charge >= 0.3 is 0 Å². The van der Waals surface area contributed by atoms with Crippen molar-refractivity contribution in [2.45, 2.75) is 0 Å². The SMILES string of the molecule is N#Cc1cccc(C#N)c1-c1ccc2c3ccccc3n(-c3ccc4c(c3)oc3ccccc34)c2c1. The maximum absolute atomic E-state index is 9.75. The average molecular weight is 460 g/mol. The fraction of sp³-hybridized carbons (Fsp3) is 0. The first-order valence-corrected chi connectivity index (χ1v) is 11.7. The van der Waals surface area contributed by atoms with Crippen molar-refractivity contribution in [2.24, 2.45) is 0 Å². The second-order valence-electron chi connectivity index (χ2n) is 8.81. The fourth-order valence-corrected chi connectivity index (χ4v) is 5.31. The Hall–Kier alpha value is -5.32. The molecule has 0 unspecified atom stereocenters. The smallest absolute Gasteiger partial charge is 0.137 e. The largest absolute Gasteiger partial charge is 0.456 e. The van der Waals surface area contributed by atoms with E-state index in [-0.39, 0.29) is 0 Å². The van der Waals surface area contributed by atoms with Gasteiger partial charge in [-0.25, -0.2) is 0 Å². The number of furan rings is 1. The summed E-state index contributed by atoms with van der Waals surface area (Å²) in [6.45, 7) is 0. The summed E-state index contributed by atoms with van der Waals surface area (Å²) in [4.78, 5) is 0. The van der Waals surface area contributed by atoms with Gasteiger partial charge in [0.15, 0.2) is 0 Å². The highest BCUT2D eigenvalue weighted by molar-refractivity contribution is 6.11. The first-order valence-electron chi connectivity index (χ1n) is 11.7. The summed E-state index contributed by atoms with van der Waals surface area (Å²) in [6, 6.07) is 38.6. The molecule has 0 aliphatic heterocycles. The van der Waals surface area contributed by atoms with Crippen LogP contribution in [0, 0.1) is 22.7 Å². The molecule has 0 aliphatic carbocycles. The lowest BCUT2D eigenvalue weighted by atomic mass is 9.94. The molecule has 7 aromatic rings. The highest BCUT2D eigenvalue weighted by Gasteiger charge is 2.17. The average Bonchev–Trinajstić information content (AvgIpc) is 3.47. The Morgan fingerprint density at radius 1 is 0.556 bits per heavy atom. The number of benzene rings is 5. The Balaban J connectivity index is 1.55. The van der Waals surface area contributed by atoms with Gasteiger partial charge in [0.05, 0.1) is 34.3 Å². The standard InChI is InChI=1S/C32H17N3O/c33-18-21-6-5-7-22(19-34)32(21)20-12-14-25-24-8-1-3-10-28(24)35(29(25)16-20)23-13-15-27-26-9-2-4-11-30(26)36-31(27)17-23/h1-17H. The van der Waals surface area contributed by atoms with Crippen LogP contribution in [0.3, 0.4) is 0 Å². The predicted octanol–water partition coefficient (Wildman–Crippen LogP) is 8.09. The van der Waals surface area contributed by atoms with Gasteiger partial charge in [-0.3, -0.25) is 0 Å². The molecule has 5 aromatic carbocycles. The van der Waals surface area contributed by atoms with Crippen LogP contribution in [0.4, 0.5) is 0 Å². The van der Waals surface area contributed by atoms with E-state index in [4.69, 9.17) is 4.42 Å². The van der Waals surface area contributed by atoms with E-state index in [1.807, 2.05) is 36.4 Å². The summed E-state index contributed by atoms with van der Waals surface area (Å²) in [5, 5.41) is 23.9. The molecule has 2 heterocycles. The molecule has 4 nitrogen and oxygen atoms in total. The molecule has 36 heavy (non-hydrogen) atoms. The number of nitrogens with zero attached hydrogens (tertiary/aromatic N) is 3. The second-order valence-corrected chi connectivity index (χ2v) is 8.81. The summed E-state index contributed by atoms with van der Waals surface area (Å²) >= 11 is 0. The minimum absolute atomic E-state index is 0.486. The zero-order valence-electron chi connectivity index (χ0n) is 19.1. The predicted molar refractivity (Wildman–Crippen MR) is 143 cm³/mol. The van der Waals surface area contributed by atoms with Crippen LogP contribution < -0.4 is 0 Å². The molecule has 0 saturated carbocycles. The van der Waals surface area contributed by atoms with Crippen LogP contribution in [0.5, 0.6) is 0 Å². The molecule has 7 rings (SSSR count). The number of aromatic nitrogens is 1. The topological polar surface area (TPSA) is 65.7 Å². The molecule has 4 heteroatoms. The molecule has 0 amide bonds. The van der Waals surface area contributed by atoms with Gasteiger partial charge in [-0.15, -0.1) is 0 Å². The van der Waals surface area contributed by atoms with E-state index in [1.54, 1.807) is 18.2 Å². The van der Waals surface area contributed by atoms with Crippen molar-refractivity contribution in [3.05, 3.63) is 114 Å². The number of rotatable bonds is 2. The molecular formula is C32H17N3O. The Kier molecular flexibility index (Phi) is 4.24. The van der Waals surface area contributed by atoms with Gasteiger partial charge < -0.3 is 8.98 Å². The van der Waals surface area contributed by atoms with Crippen molar-refractivity contribution < 1.29 is 4.42 Å². The van der Waals surface area contributed by atoms with Crippen molar-refractivity contribution in [3.8, 4) is 29.0 Å². The van der Waals surface area contributed by atoms with Gasteiger partial charge in [0, 0.05) is 38.9 Å². The summed E-state index contributed by atoms with van der Waals surface area (Å²) in [5.41, 5.74) is 7.23. The van der Waals surface area contributed by atoms with Gasteiger partial charge in [-0.1, -0.05) is 54.6 Å². The summed E-state index contributed by atoms with van der Waals surface area (Å²) in [5.74, 6) is 0. The highest BCUT2D eigenvalue weighted by atomic mass is 16.3. The molecule has 0 radical (unpaired) electrons. The van der Waals surface area contributed by atoms with Crippen LogP contribution in [0.25, 0.3) is 60.6 Å². The lowest BCUT2D eigenvalue weighted by molar-refractivity contribution is 0.668. The first-order chi connectivity index (χ1) is 17.8. The molecular weight excluding hydrogens is 442 g/mol. The van der Waals surface area contributed by atoms with Crippen molar-refractivity contribution in [1.29, 1.82) is 10.5 Å². The first kappa shape index (κ1) is 20.1. The third-order valence-corrected chi connectivity index (χ3v) is 6.89. The van der Waals surface area contributed by atoms with Gasteiger partial charge in [-0.05, 0) is 48.0 Å². The molecule has 2 aromatic heterocycles. The molecule has 0 spiro atoms. The van der Waals surface area contributed by atoms with Gasteiger partial charge in [0.1, 0.15) is 11.2 Å². The number of hydrogen-bond donors (Lipinski definition) is 0. The normalized spacial score (nSPS) is 11.3. The molecule has 0 N–H and O–H groups in total. The van der Waals surface area contributed by atoms with E-state index in [2.05, 4.69) is 65.2 Å². The van der Waals surface area contributed by atoms with Crippen LogP contribution in [0.15, 0.2) is 108 Å². The van der Waals surface area contributed by atoms with Crippen LogP contribution in [-0.4, -0.2) is 4.57 Å². The van der Waals surface area contributed by atoms with E-state index in [0.29, 0.717) is 16.7 Å². The maximum atomic E-state index is 9.75. The zero-order valence-corrected chi connectivity index (χ0v) is 19.1. The van der Waals surface area contributed by atoms with E-state index in [9.17, 15) is 10.5 Å². The lowest BCUT2D eigenvalue weighted by Gasteiger charge is -2.10. The van der Waals surface area contributed by atoms with Crippen molar-refractivity contribution in [1.82, 2.24) is 4.57 Å². The van der Waals surface area contributed by atoms with E-state index in [1.165, 1.54) is 0 Å². The van der Waals surface area contributed by atoms with Crippen molar-refractivity contribution in [2.75, 3.05) is 0 Å².